The zero-order valence-corrected chi connectivity index (χ0v) is 12.6. The summed E-state index contributed by atoms with van der Waals surface area (Å²) >= 11 is 5.92. The Balaban J connectivity index is 1.89. The van der Waals surface area contributed by atoms with Gasteiger partial charge in [0.2, 0.25) is 0 Å². The fourth-order valence-electron chi connectivity index (χ4n) is 2.33. The molecule has 0 fully saturated rings. The van der Waals surface area contributed by atoms with Crippen LogP contribution in [0.25, 0.3) is 10.9 Å². The van der Waals surface area contributed by atoms with E-state index >= 15 is 0 Å². The van der Waals surface area contributed by atoms with Crippen molar-refractivity contribution in [3.63, 3.8) is 0 Å². The van der Waals surface area contributed by atoms with Crippen molar-refractivity contribution in [3.8, 4) is 0 Å². The number of carbonyl (C=O) groups excluding carboxylic acids is 1. The number of hydrogen-bond acceptors (Lipinski definition) is 1. The molecule has 21 heavy (non-hydrogen) atoms. The van der Waals surface area contributed by atoms with E-state index in [0.717, 1.165) is 22.2 Å². The molecule has 0 bridgehead atoms. The Morgan fingerprint density at radius 1 is 1.10 bits per heavy atom. The van der Waals surface area contributed by atoms with E-state index in [0.29, 0.717) is 10.7 Å². The molecule has 0 unspecified atom stereocenters. The van der Waals surface area contributed by atoms with Gasteiger partial charge in [-0.05, 0) is 55.8 Å². The highest BCUT2D eigenvalue weighted by atomic mass is 35.5. The summed E-state index contributed by atoms with van der Waals surface area (Å²) in [6.45, 7) is 3.94. The lowest BCUT2D eigenvalue weighted by Crippen LogP contribution is -2.13. The van der Waals surface area contributed by atoms with E-state index in [1.54, 1.807) is 6.07 Å². The molecule has 0 spiro atoms. The van der Waals surface area contributed by atoms with E-state index in [-0.39, 0.29) is 5.91 Å². The number of carbonyl (C=O) groups is 1. The molecule has 0 radical (unpaired) electrons. The molecule has 1 amide bonds. The fourth-order valence-corrected chi connectivity index (χ4v) is 2.56. The van der Waals surface area contributed by atoms with Crippen molar-refractivity contribution in [1.29, 1.82) is 0 Å². The molecule has 3 aromatic rings. The third-order valence-electron chi connectivity index (χ3n) is 3.46. The van der Waals surface area contributed by atoms with Crippen LogP contribution in [-0.4, -0.2) is 10.9 Å². The van der Waals surface area contributed by atoms with Crippen LogP contribution in [0.1, 0.15) is 21.6 Å². The smallest absolute Gasteiger partial charge is 0.272 e. The second kappa shape index (κ2) is 5.26. The third kappa shape index (κ3) is 2.78. The van der Waals surface area contributed by atoms with Crippen LogP contribution in [0, 0.1) is 13.8 Å². The fraction of sp³-hybridized carbons (Fsp3) is 0.118. The summed E-state index contributed by atoms with van der Waals surface area (Å²) < 4.78 is 0. The molecule has 2 aromatic carbocycles. The van der Waals surface area contributed by atoms with Gasteiger partial charge in [-0.25, -0.2) is 0 Å². The zero-order valence-electron chi connectivity index (χ0n) is 11.8. The van der Waals surface area contributed by atoms with Crippen LogP contribution in [0.3, 0.4) is 0 Å². The predicted octanol–water partition coefficient (Wildman–Crippen LogP) is 4.69. The van der Waals surface area contributed by atoms with Crippen molar-refractivity contribution in [3.05, 3.63) is 64.3 Å². The Hall–Kier alpha value is -2.26. The Morgan fingerprint density at radius 2 is 1.90 bits per heavy atom. The maximum absolute atomic E-state index is 12.3. The normalized spacial score (nSPS) is 10.8. The number of fused-ring (bicyclic) bond motifs is 1. The molecule has 0 atom stereocenters. The van der Waals surface area contributed by atoms with Gasteiger partial charge < -0.3 is 10.3 Å². The maximum Gasteiger partial charge on any atom is 0.272 e. The number of aryl methyl sites for hydroxylation is 2. The maximum atomic E-state index is 12.3. The molecular weight excluding hydrogens is 284 g/mol. The first-order chi connectivity index (χ1) is 10.0. The number of benzene rings is 2. The third-order valence-corrected chi connectivity index (χ3v) is 3.69. The van der Waals surface area contributed by atoms with Gasteiger partial charge in [-0.3, -0.25) is 4.79 Å². The Labute approximate surface area is 127 Å². The van der Waals surface area contributed by atoms with E-state index in [1.807, 2.05) is 44.2 Å². The molecule has 0 aliphatic heterocycles. The second-order valence-corrected chi connectivity index (χ2v) is 5.62. The van der Waals surface area contributed by atoms with E-state index in [1.165, 1.54) is 5.56 Å². The lowest BCUT2D eigenvalue weighted by molar-refractivity contribution is 0.102. The van der Waals surface area contributed by atoms with Gasteiger partial charge in [0.1, 0.15) is 5.69 Å². The van der Waals surface area contributed by atoms with Crippen LogP contribution in [-0.2, 0) is 0 Å². The standard InChI is InChI=1S/C17H15ClN2O/c1-10-3-5-15-12(7-10)9-16(19-15)17(21)20-14-6-4-13(18)8-11(14)2/h3-9,19H,1-2H3,(H,20,21). The van der Waals surface area contributed by atoms with E-state index in [2.05, 4.69) is 16.4 Å². The number of anilines is 1. The first kappa shape index (κ1) is 13.7. The molecule has 1 aromatic heterocycles. The van der Waals surface area contributed by atoms with Crippen molar-refractivity contribution in [2.24, 2.45) is 0 Å². The van der Waals surface area contributed by atoms with Gasteiger partial charge in [0.25, 0.3) is 5.91 Å². The summed E-state index contributed by atoms with van der Waals surface area (Å²) in [5, 5.41) is 4.59. The molecule has 0 aliphatic carbocycles. The van der Waals surface area contributed by atoms with Gasteiger partial charge in [-0.2, -0.15) is 0 Å². The lowest BCUT2D eigenvalue weighted by atomic mass is 10.2. The Morgan fingerprint density at radius 3 is 2.67 bits per heavy atom. The number of aromatic nitrogens is 1. The van der Waals surface area contributed by atoms with Crippen LogP contribution in [0.5, 0.6) is 0 Å². The summed E-state index contributed by atoms with van der Waals surface area (Å²) in [6, 6.07) is 13.3. The number of H-pyrrole nitrogens is 1. The first-order valence-electron chi connectivity index (χ1n) is 6.70. The summed E-state index contributed by atoms with van der Waals surface area (Å²) in [7, 11) is 0. The summed E-state index contributed by atoms with van der Waals surface area (Å²) in [5.41, 5.74) is 4.37. The van der Waals surface area contributed by atoms with Crippen molar-refractivity contribution in [2.75, 3.05) is 5.32 Å². The number of aromatic amines is 1. The van der Waals surface area contributed by atoms with Crippen LogP contribution in [0.2, 0.25) is 5.02 Å². The SMILES string of the molecule is Cc1ccc2[nH]c(C(=O)Nc3ccc(Cl)cc3C)cc2c1. The molecular formula is C17H15ClN2O. The van der Waals surface area contributed by atoms with Crippen molar-refractivity contribution in [2.45, 2.75) is 13.8 Å². The van der Waals surface area contributed by atoms with Crippen LogP contribution in [0.15, 0.2) is 42.5 Å². The molecule has 0 saturated heterocycles. The average Bonchev–Trinajstić information content (AvgIpc) is 2.85. The van der Waals surface area contributed by atoms with Crippen molar-refractivity contribution in [1.82, 2.24) is 4.98 Å². The highest BCUT2D eigenvalue weighted by molar-refractivity contribution is 6.30. The first-order valence-corrected chi connectivity index (χ1v) is 7.07. The molecule has 2 N–H and O–H groups in total. The van der Waals surface area contributed by atoms with E-state index < -0.39 is 0 Å². The highest BCUT2D eigenvalue weighted by Gasteiger charge is 2.11. The molecule has 106 valence electrons. The van der Waals surface area contributed by atoms with Gasteiger partial charge in [-0.1, -0.05) is 23.2 Å². The molecule has 0 aliphatic rings. The van der Waals surface area contributed by atoms with Gasteiger partial charge in [0.15, 0.2) is 0 Å². The Kier molecular flexibility index (Phi) is 3.43. The molecule has 3 nitrogen and oxygen atoms in total. The highest BCUT2D eigenvalue weighted by Crippen LogP contribution is 2.21. The van der Waals surface area contributed by atoms with Gasteiger partial charge in [0.05, 0.1) is 0 Å². The lowest BCUT2D eigenvalue weighted by Gasteiger charge is -2.07. The summed E-state index contributed by atoms with van der Waals surface area (Å²) in [4.78, 5) is 15.5. The molecule has 4 heteroatoms. The van der Waals surface area contributed by atoms with Gasteiger partial charge >= 0.3 is 0 Å². The summed E-state index contributed by atoms with van der Waals surface area (Å²) in [6.07, 6.45) is 0. The minimum atomic E-state index is -0.158. The number of halogens is 1. The minimum Gasteiger partial charge on any atom is -0.351 e. The zero-order chi connectivity index (χ0) is 15.0. The molecule has 1 heterocycles. The van der Waals surface area contributed by atoms with Crippen LogP contribution >= 0.6 is 11.6 Å². The van der Waals surface area contributed by atoms with Crippen molar-refractivity contribution >= 4 is 34.1 Å². The average molecular weight is 299 g/mol. The minimum absolute atomic E-state index is 0.158. The van der Waals surface area contributed by atoms with Gasteiger partial charge in [0, 0.05) is 21.6 Å². The van der Waals surface area contributed by atoms with E-state index in [9.17, 15) is 4.79 Å². The van der Waals surface area contributed by atoms with Crippen LogP contribution in [0.4, 0.5) is 5.69 Å². The second-order valence-electron chi connectivity index (χ2n) is 5.19. The predicted molar refractivity (Wildman–Crippen MR) is 87.2 cm³/mol. The van der Waals surface area contributed by atoms with Crippen molar-refractivity contribution < 1.29 is 4.79 Å². The molecule has 0 saturated carbocycles. The summed E-state index contributed by atoms with van der Waals surface area (Å²) in [5.74, 6) is -0.158. The monoisotopic (exact) mass is 298 g/mol. The number of rotatable bonds is 2. The van der Waals surface area contributed by atoms with Gasteiger partial charge in [-0.15, -0.1) is 0 Å². The topological polar surface area (TPSA) is 44.9 Å². The largest absolute Gasteiger partial charge is 0.351 e. The van der Waals surface area contributed by atoms with E-state index in [4.69, 9.17) is 11.6 Å². The van der Waals surface area contributed by atoms with Crippen LogP contribution < -0.4 is 5.32 Å². The number of hydrogen-bond donors (Lipinski definition) is 2. The molecule has 3 rings (SSSR count). The number of nitrogens with one attached hydrogen (secondary N) is 2. The Bertz CT molecular complexity index is 836. The quantitative estimate of drug-likeness (QED) is 0.708. The number of amides is 1.